The van der Waals surface area contributed by atoms with E-state index in [-0.39, 0.29) is 0 Å². The summed E-state index contributed by atoms with van der Waals surface area (Å²) in [5.74, 6) is 0. The third-order valence-corrected chi connectivity index (χ3v) is 13.8. The Hall–Kier alpha value is -6.96. The topological polar surface area (TPSA) is 4.93 Å². The van der Waals surface area contributed by atoms with Crippen LogP contribution in [-0.2, 0) is 10.8 Å². The molecule has 0 saturated heterocycles. The SMILES string of the molecule is C=C/C=C\c1c(C)n(-c2cccc(C34C5=C(CCC=C5)C(c5ccccc5)(c5cc(-c6ccc(C)cc6)ccc53)c3cc(-c5ccc(C)cc5)ccc34)c2)c2ccccc12. The molecule has 1 aromatic heterocycles. The normalized spacial score (nSPS) is 18.8. The number of para-hydroxylation sites is 1. The Morgan fingerprint density at radius 1 is 0.550 bits per heavy atom. The van der Waals surface area contributed by atoms with Crippen LogP contribution in [0, 0.1) is 20.8 Å². The lowest BCUT2D eigenvalue weighted by atomic mass is 9.43. The molecule has 0 amide bonds. The molecule has 288 valence electrons. The average molecular weight is 770 g/mol. The molecule has 4 aliphatic rings. The molecule has 0 N–H and O–H groups in total. The fraction of sp³-hybridized carbons (Fsp3) is 0.119. The highest BCUT2D eigenvalue weighted by atomic mass is 15.0. The minimum Gasteiger partial charge on any atom is -0.313 e. The van der Waals surface area contributed by atoms with Crippen molar-refractivity contribution in [1.29, 1.82) is 0 Å². The van der Waals surface area contributed by atoms with Crippen molar-refractivity contribution >= 4 is 17.0 Å². The van der Waals surface area contributed by atoms with Crippen LogP contribution in [-0.4, -0.2) is 4.57 Å². The number of fused-ring (bicyclic) bond motifs is 1. The highest BCUT2D eigenvalue weighted by Gasteiger charge is 2.61. The third-order valence-electron chi connectivity index (χ3n) is 13.8. The van der Waals surface area contributed by atoms with Crippen molar-refractivity contribution in [3.63, 3.8) is 0 Å². The van der Waals surface area contributed by atoms with Crippen LogP contribution in [0.2, 0.25) is 0 Å². The maximum Gasteiger partial charge on any atom is 0.0708 e. The van der Waals surface area contributed by atoms with Gasteiger partial charge in [0.2, 0.25) is 0 Å². The molecule has 2 bridgehead atoms. The number of hydrogen-bond acceptors (Lipinski definition) is 0. The van der Waals surface area contributed by atoms with Crippen LogP contribution in [0.3, 0.4) is 0 Å². The first-order valence-corrected chi connectivity index (χ1v) is 21.3. The predicted octanol–water partition coefficient (Wildman–Crippen LogP) is 14.7. The second kappa shape index (κ2) is 13.8. The van der Waals surface area contributed by atoms with Gasteiger partial charge in [-0.05, 0) is 131 Å². The molecule has 0 fully saturated rings. The third kappa shape index (κ3) is 5.05. The fourth-order valence-corrected chi connectivity index (χ4v) is 11.1. The van der Waals surface area contributed by atoms with Crippen molar-refractivity contribution in [3.05, 3.63) is 262 Å². The fourth-order valence-electron chi connectivity index (χ4n) is 11.1. The van der Waals surface area contributed by atoms with E-state index < -0.39 is 10.8 Å². The zero-order valence-electron chi connectivity index (χ0n) is 34.5. The molecule has 12 rings (SSSR count). The number of rotatable bonds is 7. The number of nitrogens with zero attached hydrogens (tertiary/aromatic N) is 1. The molecule has 1 nitrogen and oxygen atoms in total. The van der Waals surface area contributed by atoms with Gasteiger partial charge in [0.05, 0.1) is 16.3 Å². The Morgan fingerprint density at radius 2 is 1.15 bits per heavy atom. The zero-order chi connectivity index (χ0) is 40.6. The first-order valence-electron chi connectivity index (χ1n) is 21.3. The van der Waals surface area contributed by atoms with Crippen LogP contribution < -0.4 is 0 Å². The summed E-state index contributed by atoms with van der Waals surface area (Å²) in [5, 5.41) is 1.24. The molecule has 4 aliphatic carbocycles. The molecule has 0 aliphatic heterocycles. The van der Waals surface area contributed by atoms with E-state index in [1.807, 2.05) is 12.2 Å². The minimum absolute atomic E-state index is 0.480. The first kappa shape index (κ1) is 36.1. The van der Waals surface area contributed by atoms with E-state index in [0.29, 0.717) is 0 Å². The Morgan fingerprint density at radius 3 is 1.80 bits per heavy atom. The summed E-state index contributed by atoms with van der Waals surface area (Å²) in [7, 11) is 0. The summed E-state index contributed by atoms with van der Waals surface area (Å²) in [6.07, 6.45) is 13.0. The smallest absolute Gasteiger partial charge is 0.0708 e. The summed E-state index contributed by atoms with van der Waals surface area (Å²) in [5.41, 5.74) is 22.3. The van der Waals surface area contributed by atoms with Gasteiger partial charge in [0.1, 0.15) is 0 Å². The number of benzene rings is 7. The Labute approximate surface area is 354 Å². The molecule has 0 unspecified atom stereocenters. The molecule has 8 aromatic rings. The maximum atomic E-state index is 3.98. The van der Waals surface area contributed by atoms with Crippen molar-refractivity contribution in [3.8, 4) is 27.9 Å². The van der Waals surface area contributed by atoms with E-state index >= 15 is 0 Å². The molecule has 7 aromatic carbocycles. The Bertz CT molecular complexity index is 3010. The Balaban J connectivity index is 1.27. The summed E-state index contributed by atoms with van der Waals surface area (Å²) in [6, 6.07) is 62.5. The van der Waals surface area contributed by atoms with Gasteiger partial charge in [-0.3, -0.25) is 0 Å². The van der Waals surface area contributed by atoms with E-state index in [9.17, 15) is 0 Å². The standard InChI is InChI=1S/C59H47N/c1-5-6-19-49-41(4)60(57-23-13-10-20-50(49)57)48-18-14-17-47(38-48)59-52-22-12-11-21-51(52)58(46-15-8-7-9-16-46,55-36-44(32-34-53(55)59)42-28-24-39(2)25-29-42)56-37-45(33-35-54(56)59)43-30-26-40(3)27-31-43/h5-10,12-20,22-38H,1,11,21H2,2-4H3/b19-6-. The number of allylic oxidation sites excluding steroid dienone is 6. The summed E-state index contributed by atoms with van der Waals surface area (Å²) < 4.78 is 2.45. The second-order valence-electron chi connectivity index (χ2n) is 16.9. The lowest BCUT2D eigenvalue weighted by Gasteiger charge is -2.58. The van der Waals surface area contributed by atoms with Gasteiger partial charge in [-0.2, -0.15) is 0 Å². The molecule has 0 atom stereocenters. The van der Waals surface area contributed by atoms with Gasteiger partial charge >= 0.3 is 0 Å². The summed E-state index contributed by atoms with van der Waals surface area (Å²) in [6.45, 7) is 10.6. The van der Waals surface area contributed by atoms with Gasteiger partial charge in [-0.25, -0.2) is 0 Å². The monoisotopic (exact) mass is 769 g/mol. The van der Waals surface area contributed by atoms with Crippen molar-refractivity contribution in [2.24, 2.45) is 0 Å². The number of aryl methyl sites for hydroxylation is 2. The van der Waals surface area contributed by atoms with Crippen LogP contribution in [0.15, 0.2) is 206 Å². The van der Waals surface area contributed by atoms with Gasteiger partial charge in [0, 0.05) is 22.3 Å². The maximum absolute atomic E-state index is 3.98. The van der Waals surface area contributed by atoms with Crippen molar-refractivity contribution < 1.29 is 0 Å². The number of hydrogen-bond donors (Lipinski definition) is 0. The minimum atomic E-state index is -0.552. The van der Waals surface area contributed by atoms with E-state index in [1.165, 1.54) is 100 Å². The summed E-state index contributed by atoms with van der Waals surface area (Å²) >= 11 is 0. The van der Waals surface area contributed by atoms with Gasteiger partial charge in [-0.1, -0.05) is 182 Å². The quantitative estimate of drug-likeness (QED) is 0.142. The van der Waals surface area contributed by atoms with Crippen LogP contribution >= 0.6 is 0 Å². The summed E-state index contributed by atoms with van der Waals surface area (Å²) in [4.78, 5) is 0. The lowest BCUT2D eigenvalue weighted by Crippen LogP contribution is -2.52. The predicted molar refractivity (Wildman–Crippen MR) is 252 cm³/mol. The van der Waals surface area contributed by atoms with Gasteiger partial charge in [0.25, 0.3) is 0 Å². The average Bonchev–Trinajstić information content (AvgIpc) is 3.58. The van der Waals surface area contributed by atoms with Gasteiger partial charge in [0.15, 0.2) is 0 Å². The van der Waals surface area contributed by atoms with Crippen LogP contribution in [0.4, 0.5) is 0 Å². The van der Waals surface area contributed by atoms with E-state index in [0.717, 1.165) is 18.5 Å². The largest absolute Gasteiger partial charge is 0.313 e. The molecule has 60 heavy (non-hydrogen) atoms. The molecule has 0 saturated carbocycles. The highest BCUT2D eigenvalue weighted by Crippen LogP contribution is 2.68. The van der Waals surface area contributed by atoms with E-state index in [1.54, 1.807) is 0 Å². The lowest BCUT2D eigenvalue weighted by molar-refractivity contribution is 0.525. The zero-order valence-corrected chi connectivity index (χ0v) is 34.5. The van der Waals surface area contributed by atoms with E-state index in [4.69, 9.17) is 0 Å². The van der Waals surface area contributed by atoms with Crippen molar-refractivity contribution in [2.75, 3.05) is 0 Å². The van der Waals surface area contributed by atoms with E-state index in [2.05, 4.69) is 214 Å². The van der Waals surface area contributed by atoms with Crippen LogP contribution in [0.5, 0.6) is 0 Å². The number of aromatic nitrogens is 1. The van der Waals surface area contributed by atoms with Crippen LogP contribution in [0.1, 0.15) is 68.6 Å². The van der Waals surface area contributed by atoms with Crippen molar-refractivity contribution in [2.45, 2.75) is 44.4 Å². The second-order valence-corrected chi connectivity index (χ2v) is 16.9. The molecular formula is C59H47N. The molecular weight excluding hydrogens is 723 g/mol. The van der Waals surface area contributed by atoms with Crippen molar-refractivity contribution in [1.82, 2.24) is 4.57 Å². The highest BCUT2D eigenvalue weighted by molar-refractivity contribution is 5.93. The van der Waals surface area contributed by atoms with Gasteiger partial charge < -0.3 is 4.57 Å². The van der Waals surface area contributed by atoms with Crippen LogP contribution in [0.25, 0.3) is 44.9 Å². The first-order chi connectivity index (χ1) is 29.4. The molecule has 0 spiro atoms. The van der Waals surface area contributed by atoms with Gasteiger partial charge in [-0.15, -0.1) is 0 Å². The molecule has 0 radical (unpaired) electrons. The Kier molecular flexibility index (Phi) is 8.33. The molecule has 1 heterocycles. The molecule has 1 heteroatoms.